The second kappa shape index (κ2) is 9.24. The molecule has 0 aliphatic carbocycles. The number of nitrogens with one attached hydrogen (secondary N) is 1. The van der Waals surface area contributed by atoms with Gasteiger partial charge in [-0.2, -0.15) is 5.10 Å². The predicted octanol–water partition coefficient (Wildman–Crippen LogP) is 4.21. The third kappa shape index (κ3) is 5.09. The lowest BCUT2D eigenvalue weighted by atomic mass is 9.86. The van der Waals surface area contributed by atoms with Gasteiger partial charge in [-0.05, 0) is 64.9 Å². The van der Waals surface area contributed by atoms with Crippen LogP contribution in [0.5, 0.6) is 0 Å². The van der Waals surface area contributed by atoms with Gasteiger partial charge in [-0.25, -0.2) is 14.3 Å². The first-order valence-corrected chi connectivity index (χ1v) is 15.9. The smallest absolute Gasteiger partial charge is 0.413 e. The van der Waals surface area contributed by atoms with Crippen LogP contribution in [-0.4, -0.2) is 77.0 Å². The molecule has 11 nitrogen and oxygen atoms in total. The van der Waals surface area contributed by atoms with Crippen LogP contribution in [0.2, 0.25) is 18.1 Å². The molecular weight excluding hydrogens is 508 g/mol. The van der Waals surface area contributed by atoms with Gasteiger partial charge in [0.25, 0.3) is 0 Å². The molecule has 212 valence electrons. The van der Waals surface area contributed by atoms with Crippen molar-refractivity contribution in [3.63, 3.8) is 0 Å². The Morgan fingerprint density at radius 2 is 1.92 bits per heavy atom. The molecule has 2 aliphatic rings. The van der Waals surface area contributed by atoms with Crippen molar-refractivity contribution in [1.29, 1.82) is 0 Å². The summed E-state index contributed by atoms with van der Waals surface area (Å²) in [4.78, 5) is 16.7. The zero-order valence-corrected chi connectivity index (χ0v) is 25.2. The highest BCUT2D eigenvalue weighted by molar-refractivity contribution is 6.74. The highest BCUT2D eigenvalue weighted by Crippen LogP contribution is 2.54. The number of hydrogen-bond acceptors (Lipinski definition) is 9. The van der Waals surface area contributed by atoms with Crippen molar-refractivity contribution in [2.45, 2.75) is 102 Å². The first kappa shape index (κ1) is 28.9. The first-order chi connectivity index (χ1) is 17.3. The van der Waals surface area contributed by atoms with Crippen LogP contribution in [0.4, 0.5) is 10.6 Å². The van der Waals surface area contributed by atoms with E-state index >= 15 is 0 Å². The van der Waals surface area contributed by atoms with Gasteiger partial charge in [0.2, 0.25) is 0 Å². The van der Waals surface area contributed by atoms with Crippen LogP contribution < -0.4 is 5.32 Å². The predicted molar refractivity (Wildman–Crippen MR) is 143 cm³/mol. The van der Waals surface area contributed by atoms with Gasteiger partial charge in [-0.3, -0.25) is 5.32 Å². The van der Waals surface area contributed by atoms with Gasteiger partial charge >= 0.3 is 6.09 Å². The molecule has 2 N–H and O–H groups in total. The second-order valence-electron chi connectivity index (χ2n) is 13.2. The topological polar surface area (TPSA) is 126 Å². The van der Waals surface area contributed by atoms with Gasteiger partial charge in [0.1, 0.15) is 29.2 Å². The number of carbonyl (C=O) groups is 1. The number of ether oxygens (including phenoxy) is 4. The summed E-state index contributed by atoms with van der Waals surface area (Å²) in [7, 11) is -2.16. The maximum atomic E-state index is 12.4. The lowest BCUT2D eigenvalue weighted by Gasteiger charge is -2.40. The van der Waals surface area contributed by atoms with Gasteiger partial charge < -0.3 is 28.5 Å². The summed E-state index contributed by atoms with van der Waals surface area (Å²) >= 11 is 0. The lowest BCUT2D eigenvalue weighted by molar-refractivity contribution is -0.216. The number of anilines is 1. The molecule has 2 aliphatic heterocycles. The molecular formula is C26H42N4O7Si. The lowest BCUT2D eigenvalue weighted by Crippen LogP contribution is -2.55. The summed E-state index contributed by atoms with van der Waals surface area (Å²) in [5, 5.41) is 17.8. The van der Waals surface area contributed by atoms with Gasteiger partial charge in [0.15, 0.2) is 25.5 Å². The quantitative estimate of drug-likeness (QED) is 0.509. The molecule has 0 unspecified atom stereocenters. The standard InChI is InChI=1S/C26H42N4O7Si/c1-22(2,3)36-21(32)29-19-17-11-12-18(30(17)28-16-27-19)26-15-33-25(13-31,20(26)35-24(7,8)37-26)14-34-38(9,10)23(4,5)6/h11-12,16,20,31H,13-15H2,1-10H3,(H,27,28,29,32)/t20-,25-,26-/m1/s1. The maximum Gasteiger partial charge on any atom is 0.413 e. The molecule has 0 radical (unpaired) electrons. The van der Waals surface area contributed by atoms with E-state index in [-0.39, 0.29) is 24.9 Å². The fourth-order valence-electron chi connectivity index (χ4n) is 4.68. The summed E-state index contributed by atoms with van der Waals surface area (Å²) in [6.45, 7) is 19.8. The highest BCUT2D eigenvalue weighted by atomic mass is 28.4. The van der Waals surface area contributed by atoms with E-state index in [9.17, 15) is 9.90 Å². The summed E-state index contributed by atoms with van der Waals surface area (Å²) < 4.78 is 32.9. The molecule has 2 aromatic heterocycles. The van der Waals surface area contributed by atoms with Crippen molar-refractivity contribution in [3.05, 3.63) is 24.2 Å². The van der Waals surface area contributed by atoms with E-state index in [2.05, 4.69) is 49.3 Å². The van der Waals surface area contributed by atoms with Crippen LogP contribution in [0.25, 0.3) is 5.52 Å². The molecule has 0 saturated carbocycles. The van der Waals surface area contributed by atoms with E-state index in [4.69, 9.17) is 23.4 Å². The first-order valence-electron chi connectivity index (χ1n) is 12.9. The van der Waals surface area contributed by atoms with Crippen molar-refractivity contribution in [1.82, 2.24) is 14.6 Å². The van der Waals surface area contributed by atoms with E-state index in [1.165, 1.54) is 6.33 Å². The van der Waals surface area contributed by atoms with Gasteiger partial charge in [-0.15, -0.1) is 0 Å². The third-order valence-electron chi connectivity index (χ3n) is 7.56. The van der Waals surface area contributed by atoms with Crippen molar-refractivity contribution >= 4 is 25.7 Å². The molecule has 0 spiro atoms. The van der Waals surface area contributed by atoms with Crippen LogP contribution in [0.3, 0.4) is 0 Å². The van der Waals surface area contributed by atoms with E-state index in [1.54, 1.807) is 31.4 Å². The number of fused-ring (bicyclic) bond motifs is 2. The monoisotopic (exact) mass is 550 g/mol. The zero-order valence-electron chi connectivity index (χ0n) is 24.2. The number of aliphatic hydroxyl groups excluding tert-OH is 1. The van der Waals surface area contributed by atoms with Crippen LogP contribution >= 0.6 is 0 Å². The molecule has 12 heteroatoms. The largest absolute Gasteiger partial charge is 0.444 e. The fraction of sp³-hybridized carbons (Fsp3) is 0.731. The molecule has 3 atom stereocenters. The summed E-state index contributed by atoms with van der Waals surface area (Å²) in [6.07, 6.45) is 0.0469. The SMILES string of the molecule is CC(C)(C)OC(=O)Nc1ncnn2c([C@]34CO[C@](CO)(CO[Si](C)(C)C(C)(C)C)[C@H]3OC(C)(C)O4)ccc12. The fourth-order valence-corrected chi connectivity index (χ4v) is 5.72. The molecule has 1 amide bonds. The Labute approximate surface area is 225 Å². The number of aromatic nitrogens is 3. The van der Waals surface area contributed by atoms with Crippen LogP contribution in [0, 0.1) is 0 Å². The summed E-state index contributed by atoms with van der Waals surface area (Å²) in [6, 6.07) is 3.65. The Bertz CT molecular complexity index is 1200. The Morgan fingerprint density at radius 1 is 1.24 bits per heavy atom. The molecule has 2 saturated heterocycles. The van der Waals surface area contributed by atoms with Crippen molar-refractivity contribution in [3.8, 4) is 0 Å². The van der Waals surface area contributed by atoms with Crippen molar-refractivity contribution in [2.75, 3.05) is 25.1 Å². The minimum absolute atomic E-state index is 0.0160. The van der Waals surface area contributed by atoms with Gasteiger partial charge in [-0.1, -0.05) is 20.8 Å². The normalized spacial score (nSPS) is 27.5. The second-order valence-corrected chi connectivity index (χ2v) is 18.0. The Morgan fingerprint density at radius 3 is 2.53 bits per heavy atom. The molecule has 2 aromatic rings. The average molecular weight is 551 g/mol. The van der Waals surface area contributed by atoms with E-state index in [0.29, 0.717) is 17.0 Å². The number of aliphatic hydroxyl groups is 1. The molecule has 2 fully saturated rings. The summed E-state index contributed by atoms with van der Waals surface area (Å²) in [5.74, 6) is -0.666. The Kier molecular flexibility index (Phi) is 7.03. The third-order valence-corrected chi connectivity index (χ3v) is 12.0. The summed E-state index contributed by atoms with van der Waals surface area (Å²) in [5.41, 5.74) is -1.69. The minimum atomic E-state index is -2.16. The molecule has 0 aromatic carbocycles. The number of hydrogen-bond donors (Lipinski definition) is 2. The van der Waals surface area contributed by atoms with Crippen LogP contribution in [0.1, 0.15) is 61.1 Å². The number of carbonyl (C=O) groups excluding carboxylic acids is 1. The number of rotatable bonds is 6. The van der Waals surface area contributed by atoms with Crippen LogP contribution in [-0.2, 0) is 29.0 Å². The molecule has 4 rings (SSSR count). The van der Waals surface area contributed by atoms with E-state index in [0.717, 1.165) is 0 Å². The Hall–Kier alpha value is -2.09. The highest BCUT2D eigenvalue weighted by Gasteiger charge is 2.69. The zero-order chi connectivity index (χ0) is 28.4. The van der Waals surface area contributed by atoms with E-state index in [1.807, 2.05) is 19.9 Å². The van der Waals surface area contributed by atoms with Crippen molar-refractivity contribution in [2.24, 2.45) is 0 Å². The molecule has 38 heavy (non-hydrogen) atoms. The Balaban J connectivity index is 1.72. The van der Waals surface area contributed by atoms with Gasteiger partial charge in [0.05, 0.1) is 25.5 Å². The minimum Gasteiger partial charge on any atom is -0.444 e. The number of nitrogens with zero attached hydrogens (tertiary/aromatic N) is 3. The molecule has 0 bridgehead atoms. The van der Waals surface area contributed by atoms with Crippen LogP contribution in [0.15, 0.2) is 18.5 Å². The van der Waals surface area contributed by atoms with Gasteiger partial charge in [0, 0.05) is 0 Å². The molecule has 4 heterocycles. The maximum absolute atomic E-state index is 12.4. The average Bonchev–Trinajstić information content (AvgIpc) is 3.40. The van der Waals surface area contributed by atoms with E-state index < -0.39 is 43.1 Å². The van der Waals surface area contributed by atoms with Crippen molar-refractivity contribution < 1.29 is 33.3 Å². The number of amides is 1.